The molecule has 2 aromatic rings. The predicted molar refractivity (Wildman–Crippen MR) is 85.0 cm³/mol. The molecule has 1 N–H and O–H groups in total. The molecule has 2 rings (SSSR count). The molecule has 21 heavy (non-hydrogen) atoms. The highest BCUT2D eigenvalue weighted by atomic mass is 19.1. The molecule has 0 saturated heterocycles. The van der Waals surface area contributed by atoms with Crippen molar-refractivity contribution in [1.29, 1.82) is 0 Å². The molecule has 112 valence electrons. The van der Waals surface area contributed by atoms with E-state index in [1.54, 1.807) is 12.3 Å². The van der Waals surface area contributed by atoms with E-state index in [1.165, 1.54) is 28.5 Å². The van der Waals surface area contributed by atoms with Gasteiger partial charge in [-0.3, -0.25) is 4.98 Å². The molecule has 0 fully saturated rings. The third-order valence-electron chi connectivity index (χ3n) is 3.68. The topological polar surface area (TPSA) is 24.9 Å². The van der Waals surface area contributed by atoms with E-state index in [0.717, 1.165) is 18.5 Å². The number of nitrogens with one attached hydrogen (secondary N) is 1. The van der Waals surface area contributed by atoms with Gasteiger partial charge in [-0.1, -0.05) is 24.6 Å². The average molecular weight is 286 g/mol. The van der Waals surface area contributed by atoms with E-state index >= 15 is 0 Å². The van der Waals surface area contributed by atoms with Crippen LogP contribution >= 0.6 is 0 Å². The first-order valence-electron chi connectivity index (χ1n) is 7.44. The molecule has 0 radical (unpaired) electrons. The van der Waals surface area contributed by atoms with Crippen molar-refractivity contribution in [2.24, 2.45) is 0 Å². The van der Waals surface area contributed by atoms with E-state index in [4.69, 9.17) is 0 Å². The Bertz CT molecular complexity index is 599. The Labute approximate surface area is 126 Å². The van der Waals surface area contributed by atoms with Crippen LogP contribution in [0.25, 0.3) is 0 Å². The largest absolute Gasteiger partial charge is 0.306 e. The molecule has 1 aromatic heterocycles. The second kappa shape index (κ2) is 6.81. The molecule has 3 heteroatoms. The van der Waals surface area contributed by atoms with Crippen molar-refractivity contribution >= 4 is 0 Å². The summed E-state index contributed by atoms with van der Waals surface area (Å²) in [5.74, 6) is -0.293. The Morgan fingerprint density at radius 3 is 2.33 bits per heavy atom. The molecule has 0 amide bonds. The van der Waals surface area contributed by atoms with Gasteiger partial charge in [0.2, 0.25) is 0 Å². The normalized spacial score (nSPS) is 12.4. The van der Waals surface area contributed by atoms with Crippen LogP contribution in [0.3, 0.4) is 0 Å². The zero-order valence-electron chi connectivity index (χ0n) is 13.2. The molecule has 0 bridgehead atoms. The smallest absolute Gasteiger partial charge is 0.141 e. The summed E-state index contributed by atoms with van der Waals surface area (Å²) in [4.78, 5) is 4.00. The van der Waals surface area contributed by atoms with Crippen LogP contribution in [0.15, 0.2) is 30.6 Å². The van der Waals surface area contributed by atoms with Gasteiger partial charge in [0.25, 0.3) is 0 Å². The second-order valence-corrected chi connectivity index (χ2v) is 5.64. The van der Waals surface area contributed by atoms with Gasteiger partial charge in [-0.15, -0.1) is 0 Å². The monoisotopic (exact) mass is 286 g/mol. The predicted octanol–water partition coefficient (Wildman–Crippen LogP) is 4.23. The number of nitrogens with zero attached hydrogens (tertiary/aromatic N) is 1. The molecule has 1 unspecified atom stereocenters. The van der Waals surface area contributed by atoms with Gasteiger partial charge in [0.15, 0.2) is 0 Å². The lowest BCUT2D eigenvalue weighted by molar-refractivity contribution is 0.577. The Hall–Kier alpha value is -1.74. The minimum absolute atomic E-state index is 0.0197. The third kappa shape index (κ3) is 3.67. The van der Waals surface area contributed by atoms with Crippen LogP contribution in [0.4, 0.5) is 4.39 Å². The Balaban J connectivity index is 2.50. The maximum Gasteiger partial charge on any atom is 0.141 e. The molecule has 0 saturated carbocycles. The maximum atomic E-state index is 13.5. The second-order valence-electron chi connectivity index (χ2n) is 5.64. The van der Waals surface area contributed by atoms with E-state index in [-0.39, 0.29) is 11.9 Å². The van der Waals surface area contributed by atoms with E-state index in [2.05, 4.69) is 50.1 Å². The average Bonchev–Trinajstić information content (AvgIpc) is 2.41. The molecular formula is C18H23FN2. The maximum absolute atomic E-state index is 13.5. The standard InChI is InChI=1S/C18H23FN2/c1-5-6-21-18(15-9-16(19)11-20-10-15)17-13(3)7-12(2)8-14(17)4/h7-11,18,21H,5-6H2,1-4H3. The van der Waals surface area contributed by atoms with Crippen molar-refractivity contribution in [2.75, 3.05) is 6.54 Å². The van der Waals surface area contributed by atoms with Crippen LogP contribution in [-0.4, -0.2) is 11.5 Å². The molecule has 2 nitrogen and oxygen atoms in total. The highest BCUT2D eigenvalue weighted by Crippen LogP contribution is 2.29. The molecule has 0 aliphatic carbocycles. The number of hydrogen-bond donors (Lipinski definition) is 1. The van der Waals surface area contributed by atoms with Crippen LogP contribution < -0.4 is 5.32 Å². The van der Waals surface area contributed by atoms with Gasteiger partial charge in [0.1, 0.15) is 5.82 Å². The zero-order valence-corrected chi connectivity index (χ0v) is 13.2. The summed E-state index contributed by atoms with van der Waals surface area (Å²) < 4.78 is 13.5. The minimum Gasteiger partial charge on any atom is -0.306 e. The summed E-state index contributed by atoms with van der Waals surface area (Å²) in [5.41, 5.74) is 5.80. The summed E-state index contributed by atoms with van der Waals surface area (Å²) >= 11 is 0. The summed E-state index contributed by atoms with van der Waals surface area (Å²) in [6.45, 7) is 9.34. The molecular weight excluding hydrogens is 263 g/mol. The van der Waals surface area contributed by atoms with E-state index < -0.39 is 0 Å². The van der Waals surface area contributed by atoms with Crippen LogP contribution in [-0.2, 0) is 0 Å². The number of rotatable bonds is 5. The lowest BCUT2D eigenvalue weighted by Gasteiger charge is -2.24. The van der Waals surface area contributed by atoms with Crippen molar-refractivity contribution in [3.8, 4) is 0 Å². The lowest BCUT2D eigenvalue weighted by Crippen LogP contribution is -2.25. The number of benzene rings is 1. The molecule has 1 heterocycles. The van der Waals surface area contributed by atoms with Gasteiger partial charge >= 0.3 is 0 Å². The van der Waals surface area contributed by atoms with Crippen molar-refractivity contribution in [3.05, 3.63) is 64.2 Å². The highest BCUT2D eigenvalue weighted by molar-refractivity contribution is 5.43. The number of hydrogen-bond acceptors (Lipinski definition) is 2. The van der Waals surface area contributed by atoms with Crippen LogP contribution in [0.5, 0.6) is 0 Å². The number of aromatic nitrogens is 1. The van der Waals surface area contributed by atoms with Crippen LogP contribution in [0, 0.1) is 26.6 Å². The van der Waals surface area contributed by atoms with Gasteiger partial charge < -0.3 is 5.32 Å². The van der Waals surface area contributed by atoms with Gasteiger partial charge in [-0.25, -0.2) is 4.39 Å². The van der Waals surface area contributed by atoms with E-state index in [0.29, 0.717) is 0 Å². The third-order valence-corrected chi connectivity index (χ3v) is 3.68. The fourth-order valence-electron chi connectivity index (χ4n) is 2.91. The lowest BCUT2D eigenvalue weighted by atomic mass is 9.90. The summed E-state index contributed by atoms with van der Waals surface area (Å²) in [7, 11) is 0. The first-order valence-corrected chi connectivity index (χ1v) is 7.44. The molecule has 1 aromatic carbocycles. The Morgan fingerprint density at radius 1 is 1.10 bits per heavy atom. The Kier molecular flexibility index (Phi) is 5.07. The zero-order chi connectivity index (χ0) is 15.4. The highest BCUT2D eigenvalue weighted by Gasteiger charge is 2.18. The van der Waals surface area contributed by atoms with Crippen molar-refractivity contribution < 1.29 is 4.39 Å². The number of halogens is 1. The molecule has 0 aliphatic heterocycles. The quantitative estimate of drug-likeness (QED) is 0.889. The fourth-order valence-corrected chi connectivity index (χ4v) is 2.91. The molecule has 0 spiro atoms. The van der Waals surface area contributed by atoms with E-state index in [9.17, 15) is 4.39 Å². The summed E-state index contributed by atoms with van der Waals surface area (Å²) in [6, 6.07) is 5.90. The van der Waals surface area contributed by atoms with Gasteiger partial charge in [-0.05, 0) is 62.1 Å². The van der Waals surface area contributed by atoms with Crippen molar-refractivity contribution in [1.82, 2.24) is 10.3 Å². The summed E-state index contributed by atoms with van der Waals surface area (Å²) in [5, 5.41) is 3.52. The Morgan fingerprint density at radius 2 is 1.76 bits per heavy atom. The van der Waals surface area contributed by atoms with Crippen molar-refractivity contribution in [3.63, 3.8) is 0 Å². The van der Waals surface area contributed by atoms with Crippen LogP contribution in [0.2, 0.25) is 0 Å². The number of pyridine rings is 1. The minimum atomic E-state index is -0.293. The van der Waals surface area contributed by atoms with Gasteiger partial charge in [-0.2, -0.15) is 0 Å². The molecule has 1 atom stereocenters. The fraction of sp³-hybridized carbons (Fsp3) is 0.389. The molecule has 0 aliphatic rings. The summed E-state index contributed by atoms with van der Waals surface area (Å²) in [6.07, 6.45) is 4.02. The van der Waals surface area contributed by atoms with Gasteiger partial charge in [0.05, 0.1) is 12.2 Å². The van der Waals surface area contributed by atoms with E-state index in [1.807, 2.05) is 0 Å². The van der Waals surface area contributed by atoms with Gasteiger partial charge in [0, 0.05) is 6.20 Å². The first kappa shape index (κ1) is 15.6. The number of aryl methyl sites for hydroxylation is 3. The van der Waals surface area contributed by atoms with Crippen LogP contribution in [0.1, 0.15) is 47.2 Å². The SMILES string of the molecule is CCCNC(c1cncc(F)c1)c1c(C)cc(C)cc1C. The van der Waals surface area contributed by atoms with Crippen molar-refractivity contribution in [2.45, 2.75) is 40.2 Å². The first-order chi connectivity index (χ1) is 10.0.